The minimum Gasteiger partial charge on any atom is -0.251 e. The van der Waals surface area contributed by atoms with Gasteiger partial charge in [0.1, 0.15) is 0 Å². The standard InChI is InChI=1S/C18H37FS2/c1-4-7-9-11-13-17(14-12-10-8-5-2)18(15-16-19)21-20-6-3/h17-18H,4-16H2,1-3H3/t18-/m1/s1. The Morgan fingerprint density at radius 1 is 0.762 bits per heavy atom. The normalized spacial score (nSPS) is 13.0. The van der Waals surface area contributed by atoms with Crippen molar-refractivity contribution >= 4 is 21.6 Å². The third kappa shape index (κ3) is 12.8. The number of rotatable bonds is 16. The van der Waals surface area contributed by atoms with E-state index in [1.54, 1.807) is 0 Å². The van der Waals surface area contributed by atoms with E-state index in [2.05, 4.69) is 20.8 Å². The first-order chi connectivity index (χ1) is 10.3. The molecule has 128 valence electrons. The van der Waals surface area contributed by atoms with E-state index in [1.807, 2.05) is 21.6 Å². The number of alkyl halides is 1. The Hall–Kier alpha value is 0.630. The summed E-state index contributed by atoms with van der Waals surface area (Å²) in [5.41, 5.74) is 0. The maximum Gasteiger partial charge on any atom is 0.0905 e. The molecule has 1 atom stereocenters. The lowest BCUT2D eigenvalue weighted by Gasteiger charge is -2.26. The molecule has 0 spiro atoms. The summed E-state index contributed by atoms with van der Waals surface area (Å²) in [6.07, 6.45) is 14.1. The zero-order valence-electron chi connectivity index (χ0n) is 14.5. The van der Waals surface area contributed by atoms with Crippen molar-refractivity contribution in [3.63, 3.8) is 0 Å². The van der Waals surface area contributed by atoms with Gasteiger partial charge in [0.2, 0.25) is 0 Å². The van der Waals surface area contributed by atoms with Crippen molar-refractivity contribution in [2.24, 2.45) is 5.92 Å². The van der Waals surface area contributed by atoms with E-state index in [1.165, 1.54) is 64.2 Å². The van der Waals surface area contributed by atoms with Gasteiger partial charge in [0.25, 0.3) is 0 Å². The van der Waals surface area contributed by atoms with Crippen LogP contribution in [0, 0.1) is 5.92 Å². The molecule has 3 heteroatoms. The quantitative estimate of drug-likeness (QED) is 0.209. The Balaban J connectivity index is 4.25. The summed E-state index contributed by atoms with van der Waals surface area (Å²) in [6.45, 7) is 6.58. The van der Waals surface area contributed by atoms with Crippen LogP contribution < -0.4 is 0 Å². The predicted octanol–water partition coefficient (Wildman–Crippen LogP) is 7.67. The van der Waals surface area contributed by atoms with Crippen molar-refractivity contribution in [2.75, 3.05) is 12.4 Å². The molecule has 0 unspecified atom stereocenters. The second-order valence-corrected chi connectivity index (χ2v) is 8.87. The van der Waals surface area contributed by atoms with Gasteiger partial charge in [-0.3, -0.25) is 4.39 Å². The van der Waals surface area contributed by atoms with E-state index in [4.69, 9.17) is 0 Å². The smallest absolute Gasteiger partial charge is 0.0905 e. The summed E-state index contributed by atoms with van der Waals surface area (Å²) < 4.78 is 12.9. The molecule has 0 fully saturated rings. The molecule has 0 aliphatic heterocycles. The van der Waals surface area contributed by atoms with E-state index in [0.717, 1.165) is 18.1 Å². The molecule has 0 bridgehead atoms. The molecular weight excluding hydrogens is 299 g/mol. The summed E-state index contributed by atoms with van der Waals surface area (Å²) >= 11 is 0. The van der Waals surface area contributed by atoms with Crippen LogP contribution >= 0.6 is 21.6 Å². The fourth-order valence-electron chi connectivity index (χ4n) is 2.81. The highest BCUT2D eigenvalue weighted by Crippen LogP contribution is 2.37. The minimum absolute atomic E-state index is 0.150. The minimum atomic E-state index is -0.150. The van der Waals surface area contributed by atoms with Gasteiger partial charge < -0.3 is 0 Å². The van der Waals surface area contributed by atoms with Gasteiger partial charge in [-0.25, -0.2) is 0 Å². The summed E-state index contributed by atoms with van der Waals surface area (Å²) in [5, 5.41) is 0.531. The van der Waals surface area contributed by atoms with Crippen LogP contribution in [0.2, 0.25) is 0 Å². The molecule has 0 saturated heterocycles. The third-order valence-electron chi connectivity index (χ3n) is 4.09. The van der Waals surface area contributed by atoms with E-state index < -0.39 is 0 Å². The highest BCUT2D eigenvalue weighted by Gasteiger charge is 2.21. The van der Waals surface area contributed by atoms with Crippen LogP contribution in [0.25, 0.3) is 0 Å². The van der Waals surface area contributed by atoms with Crippen molar-refractivity contribution in [1.29, 1.82) is 0 Å². The zero-order valence-corrected chi connectivity index (χ0v) is 16.2. The van der Waals surface area contributed by atoms with Crippen LogP contribution in [-0.4, -0.2) is 17.7 Å². The predicted molar refractivity (Wildman–Crippen MR) is 101 cm³/mol. The molecule has 0 radical (unpaired) electrons. The van der Waals surface area contributed by atoms with Crippen LogP contribution in [0.15, 0.2) is 0 Å². The highest BCUT2D eigenvalue weighted by atomic mass is 33.1. The SMILES string of the molecule is CCCCCCC(CCCCCC)[C@@H](CCF)SSCC. The Bertz CT molecular complexity index is 188. The number of halogens is 1. The maximum absolute atomic E-state index is 12.9. The van der Waals surface area contributed by atoms with Crippen molar-refractivity contribution in [1.82, 2.24) is 0 Å². The molecule has 21 heavy (non-hydrogen) atoms. The Kier molecular flexibility index (Phi) is 17.5. The zero-order chi connectivity index (χ0) is 15.8. The van der Waals surface area contributed by atoms with Crippen molar-refractivity contribution in [3.8, 4) is 0 Å². The molecule has 0 heterocycles. The first-order valence-electron chi connectivity index (χ1n) is 9.14. The van der Waals surface area contributed by atoms with Gasteiger partial charge in [0, 0.05) is 11.0 Å². The van der Waals surface area contributed by atoms with Crippen molar-refractivity contribution < 1.29 is 4.39 Å². The average molecular weight is 337 g/mol. The molecule has 0 aliphatic carbocycles. The lowest BCUT2D eigenvalue weighted by Crippen LogP contribution is -2.18. The lowest BCUT2D eigenvalue weighted by atomic mass is 9.90. The van der Waals surface area contributed by atoms with Gasteiger partial charge in [0.05, 0.1) is 6.67 Å². The fourth-order valence-corrected chi connectivity index (χ4v) is 5.43. The topological polar surface area (TPSA) is 0 Å². The molecule has 0 N–H and O–H groups in total. The second-order valence-electron chi connectivity index (χ2n) is 5.98. The van der Waals surface area contributed by atoms with E-state index in [9.17, 15) is 4.39 Å². The summed E-state index contributed by atoms with van der Waals surface area (Å²) in [5.74, 6) is 1.87. The first kappa shape index (κ1) is 21.6. The molecule has 0 aromatic carbocycles. The average Bonchev–Trinajstić information content (AvgIpc) is 2.50. The van der Waals surface area contributed by atoms with Gasteiger partial charge >= 0.3 is 0 Å². The number of hydrogen-bond donors (Lipinski definition) is 0. The summed E-state index contributed by atoms with van der Waals surface area (Å²) in [6, 6.07) is 0. The van der Waals surface area contributed by atoms with Crippen LogP contribution in [0.4, 0.5) is 4.39 Å². The first-order valence-corrected chi connectivity index (χ1v) is 11.5. The molecule has 0 amide bonds. The molecule has 0 rings (SSSR count). The molecule has 0 aromatic heterocycles. The van der Waals surface area contributed by atoms with Gasteiger partial charge in [-0.05, 0) is 25.2 Å². The van der Waals surface area contributed by atoms with Crippen LogP contribution in [0.1, 0.15) is 91.4 Å². The third-order valence-corrected chi connectivity index (χ3v) is 7.18. The van der Waals surface area contributed by atoms with E-state index in [-0.39, 0.29) is 6.67 Å². The van der Waals surface area contributed by atoms with Gasteiger partial charge in [-0.2, -0.15) is 0 Å². The Morgan fingerprint density at radius 2 is 1.33 bits per heavy atom. The van der Waals surface area contributed by atoms with Crippen molar-refractivity contribution in [3.05, 3.63) is 0 Å². The second kappa shape index (κ2) is 17.0. The van der Waals surface area contributed by atoms with Crippen LogP contribution in [0.5, 0.6) is 0 Å². The summed E-state index contributed by atoms with van der Waals surface area (Å²) in [7, 11) is 3.88. The van der Waals surface area contributed by atoms with Gasteiger partial charge in [0.15, 0.2) is 0 Å². The molecule has 0 nitrogen and oxygen atoms in total. The number of unbranched alkanes of at least 4 members (excludes halogenated alkanes) is 6. The fraction of sp³-hybridized carbons (Fsp3) is 1.00. The van der Waals surface area contributed by atoms with E-state index in [0.29, 0.717) is 5.25 Å². The summed E-state index contributed by atoms with van der Waals surface area (Å²) in [4.78, 5) is 0. The molecule has 0 saturated carbocycles. The Morgan fingerprint density at radius 3 is 1.76 bits per heavy atom. The highest BCUT2D eigenvalue weighted by molar-refractivity contribution is 8.76. The van der Waals surface area contributed by atoms with E-state index >= 15 is 0 Å². The number of hydrogen-bond acceptors (Lipinski definition) is 2. The van der Waals surface area contributed by atoms with Gasteiger partial charge in [-0.1, -0.05) is 93.7 Å². The Labute approximate surface area is 141 Å². The van der Waals surface area contributed by atoms with Crippen LogP contribution in [0.3, 0.4) is 0 Å². The monoisotopic (exact) mass is 336 g/mol. The van der Waals surface area contributed by atoms with Gasteiger partial charge in [-0.15, -0.1) is 0 Å². The van der Waals surface area contributed by atoms with Crippen molar-refractivity contribution in [2.45, 2.75) is 96.7 Å². The lowest BCUT2D eigenvalue weighted by molar-refractivity contribution is 0.359. The van der Waals surface area contributed by atoms with Crippen LogP contribution in [-0.2, 0) is 0 Å². The largest absolute Gasteiger partial charge is 0.251 e. The maximum atomic E-state index is 12.9. The molecular formula is C18H37FS2. The molecule has 0 aliphatic rings. The molecule has 0 aromatic rings.